The average Bonchev–Trinajstić information content (AvgIpc) is 2.34. The van der Waals surface area contributed by atoms with E-state index in [0.29, 0.717) is 5.91 Å². The topological polar surface area (TPSA) is 20.3 Å². The molecule has 0 aliphatic rings. The third-order valence-electron chi connectivity index (χ3n) is 3.05. The standard InChI is InChI=1S/C14H28BrNO/c1-3-4-5-6-8-11-14(17)16(2)13-10-7-9-12-15/h3-13H2,1-2H3. The summed E-state index contributed by atoms with van der Waals surface area (Å²) in [6, 6.07) is 0. The summed E-state index contributed by atoms with van der Waals surface area (Å²) in [4.78, 5) is 13.7. The molecule has 0 bridgehead atoms. The molecule has 0 heterocycles. The van der Waals surface area contributed by atoms with Crippen molar-refractivity contribution in [3.8, 4) is 0 Å². The van der Waals surface area contributed by atoms with Gasteiger partial charge < -0.3 is 4.90 Å². The van der Waals surface area contributed by atoms with Gasteiger partial charge in [0, 0.05) is 25.3 Å². The molecule has 0 atom stereocenters. The highest BCUT2D eigenvalue weighted by Gasteiger charge is 2.07. The van der Waals surface area contributed by atoms with Crippen LogP contribution in [-0.2, 0) is 4.79 Å². The molecular formula is C14H28BrNO. The molecule has 0 radical (unpaired) electrons. The van der Waals surface area contributed by atoms with Crippen LogP contribution in [0.4, 0.5) is 0 Å². The van der Waals surface area contributed by atoms with Gasteiger partial charge in [-0.1, -0.05) is 55.0 Å². The second-order valence-electron chi connectivity index (χ2n) is 4.73. The number of hydrogen-bond donors (Lipinski definition) is 0. The number of amides is 1. The van der Waals surface area contributed by atoms with Crippen molar-refractivity contribution < 1.29 is 4.79 Å². The van der Waals surface area contributed by atoms with E-state index in [4.69, 9.17) is 0 Å². The Balaban J connectivity index is 3.40. The van der Waals surface area contributed by atoms with Crippen LogP contribution in [0.5, 0.6) is 0 Å². The van der Waals surface area contributed by atoms with Gasteiger partial charge in [0.15, 0.2) is 0 Å². The first-order chi connectivity index (χ1) is 8.22. The normalized spacial score (nSPS) is 10.5. The molecule has 0 aromatic carbocycles. The van der Waals surface area contributed by atoms with Gasteiger partial charge in [-0.2, -0.15) is 0 Å². The number of hydrogen-bond acceptors (Lipinski definition) is 1. The maximum absolute atomic E-state index is 11.8. The van der Waals surface area contributed by atoms with E-state index in [1.54, 1.807) is 0 Å². The van der Waals surface area contributed by atoms with Crippen molar-refractivity contribution in [2.24, 2.45) is 0 Å². The number of carbonyl (C=O) groups excluding carboxylic acids is 1. The van der Waals surface area contributed by atoms with Crippen LogP contribution in [0.15, 0.2) is 0 Å². The van der Waals surface area contributed by atoms with Crippen molar-refractivity contribution in [1.29, 1.82) is 0 Å². The summed E-state index contributed by atoms with van der Waals surface area (Å²) in [5, 5.41) is 1.07. The quantitative estimate of drug-likeness (QED) is 0.410. The highest BCUT2D eigenvalue weighted by atomic mass is 79.9. The Morgan fingerprint density at radius 3 is 2.29 bits per heavy atom. The first-order valence-electron chi connectivity index (χ1n) is 7.02. The van der Waals surface area contributed by atoms with E-state index in [-0.39, 0.29) is 0 Å². The van der Waals surface area contributed by atoms with Crippen molar-refractivity contribution in [3.05, 3.63) is 0 Å². The van der Waals surface area contributed by atoms with Crippen LogP contribution in [0, 0.1) is 0 Å². The fourth-order valence-corrected chi connectivity index (χ4v) is 2.21. The molecule has 0 aromatic rings. The monoisotopic (exact) mass is 305 g/mol. The lowest BCUT2D eigenvalue weighted by Gasteiger charge is -2.16. The number of carbonyl (C=O) groups is 1. The molecule has 2 nitrogen and oxygen atoms in total. The molecule has 17 heavy (non-hydrogen) atoms. The van der Waals surface area contributed by atoms with Gasteiger partial charge in [0.1, 0.15) is 0 Å². The zero-order valence-corrected chi connectivity index (χ0v) is 13.1. The third-order valence-corrected chi connectivity index (χ3v) is 3.61. The molecule has 0 rings (SSSR count). The number of nitrogens with zero attached hydrogens (tertiary/aromatic N) is 1. The Hall–Kier alpha value is -0.0500. The minimum Gasteiger partial charge on any atom is -0.346 e. The second kappa shape index (κ2) is 12.4. The van der Waals surface area contributed by atoms with E-state index >= 15 is 0 Å². The Labute approximate surface area is 115 Å². The molecule has 0 unspecified atom stereocenters. The van der Waals surface area contributed by atoms with E-state index in [1.165, 1.54) is 38.5 Å². The van der Waals surface area contributed by atoms with Crippen LogP contribution in [0.25, 0.3) is 0 Å². The van der Waals surface area contributed by atoms with Crippen molar-refractivity contribution in [3.63, 3.8) is 0 Å². The molecule has 0 saturated heterocycles. The minimum atomic E-state index is 0.320. The molecule has 0 aliphatic carbocycles. The van der Waals surface area contributed by atoms with Gasteiger partial charge in [-0.25, -0.2) is 0 Å². The lowest BCUT2D eigenvalue weighted by Crippen LogP contribution is -2.27. The van der Waals surface area contributed by atoms with Crippen LogP contribution >= 0.6 is 15.9 Å². The molecule has 102 valence electrons. The van der Waals surface area contributed by atoms with Crippen LogP contribution in [0.2, 0.25) is 0 Å². The van der Waals surface area contributed by atoms with Crippen molar-refractivity contribution in [2.75, 3.05) is 18.9 Å². The fraction of sp³-hybridized carbons (Fsp3) is 0.929. The summed E-state index contributed by atoms with van der Waals surface area (Å²) in [5.74, 6) is 0.320. The summed E-state index contributed by atoms with van der Waals surface area (Å²) in [6.45, 7) is 3.13. The zero-order chi connectivity index (χ0) is 12.9. The maximum Gasteiger partial charge on any atom is 0.222 e. The molecular weight excluding hydrogens is 278 g/mol. The SMILES string of the molecule is CCCCCCCC(=O)N(C)CCCCCBr. The summed E-state index contributed by atoms with van der Waals surface area (Å²) in [5.41, 5.74) is 0. The lowest BCUT2D eigenvalue weighted by atomic mass is 10.1. The number of alkyl halides is 1. The van der Waals surface area contributed by atoms with Crippen molar-refractivity contribution >= 4 is 21.8 Å². The molecule has 0 fully saturated rings. The molecule has 0 aliphatic heterocycles. The average molecular weight is 306 g/mol. The summed E-state index contributed by atoms with van der Waals surface area (Å²) < 4.78 is 0. The van der Waals surface area contributed by atoms with Crippen LogP contribution in [-0.4, -0.2) is 29.7 Å². The minimum absolute atomic E-state index is 0.320. The van der Waals surface area contributed by atoms with E-state index in [0.717, 1.165) is 31.1 Å². The van der Waals surface area contributed by atoms with Crippen molar-refractivity contribution in [1.82, 2.24) is 4.90 Å². The Bertz CT molecular complexity index is 185. The summed E-state index contributed by atoms with van der Waals surface area (Å²) in [7, 11) is 1.93. The molecule has 0 aromatic heterocycles. The Morgan fingerprint density at radius 1 is 1.00 bits per heavy atom. The zero-order valence-electron chi connectivity index (χ0n) is 11.5. The Morgan fingerprint density at radius 2 is 1.65 bits per heavy atom. The highest BCUT2D eigenvalue weighted by Crippen LogP contribution is 2.07. The molecule has 3 heteroatoms. The van der Waals surface area contributed by atoms with Gasteiger partial charge >= 0.3 is 0 Å². The van der Waals surface area contributed by atoms with Gasteiger partial charge in [-0.15, -0.1) is 0 Å². The third kappa shape index (κ3) is 10.8. The fourth-order valence-electron chi connectivity index (χ4n) is 1.82. The van der Waals surface area contributed by atoms with Crippen molar-refractivity contribution in [2.45, 2.75) is 64.7 Å². The van der Waals surface area contributed by atoms with E-state index in [2.05, 4.69) is 22.9 Å². The second-order valence-corrected chi connectivity index (χ2v) is 5.52. The first-order valence-corrected chi connectivity index (χ1v) is 8.14. The van der Waals surface area contributed by atoms with Gasteiger partial charge in [0.2, 0.25) is 5.91 Å². The number of unbranched alkanes of at least 4 members (excludes halogenated alkanes) is 6. The molecule has 1 amide bonds. The van der Waals surface area contributed by atoms with Crippen LogP contribution in [0.1, 0.15) is 64.7 Å². The van der Waals surface area contributed by atoms with Crippen LogP contribution < -0.4 is 0 Å². The van der Waals surface area contributed by atoms with Gasteiger partial charge in [0.05, 0.1) is 0 Å². The van der Waals surface area contributed by atoms with Gasteiger partial charge in [-0.05, 0) is 19.3 Å². The van der Waals surface area contributed by atoms with E-state index < -0.39 is 0 Å². The van der Waals surface area contributed by atoms with Crippen LogP contribution in [0.3, 0.4) is 0 Å². The Kier molecular flexibility index (Phi) is 12.4. The summed E-state index contributed by atoms with van der Waals surface area (Å²) >= 11 is 3.42. The molecule has 0 N–H and O–H groups in total. The van der Waals surface area contributed by atoms with E-state index in [9.17, 15) is 4.79 Å². The molecule has 0 saturated carbocycles. The van der Waals surface area contributed by atoms with Gasteiger partial charge in [0.25, 0.3) is 0 Å². The largest absolute Gasteiger partial charge is 0.346 e. The number of halogens is 1. The predicted octanol–water partition coefficient (Wildman–Crippen LogP) is 4.37. The summed E-state index contributed by atoms with van der Waals surface area (Å²) in [6.07, 6.45) is 10.4. The smallest absolute Gasteiger partial charge is 0.222 e. The molecule has 0 spiro atoms. The number of rotatable bonds is 11. The van der Waals surface area contributed by atoms with Gasteiger partial charge in [-0.3, -0.25) is 4.79 Å². The first kappa shape index (κ1) is 16.9. The highest BCUT2D eigenvalue weighted by molar-refractivity contribution is 9.09. The van der Waals surface area contributed by atoms with E-state index in [1.807, 2.05) is 11.9 Å². The maximum atomic E-state index is 11.8. The lowest BCUT2D eigenvalue weighted by molar-refractivity contribution is -0.130. The predicted molar refractivity (Wildman–Crippen MR) is 78.7 cm³/mol.